The number of aliphatic hydroxyl groups excluding tert-OH is 1. The van der Waals surface area contributed by atoms with E-state index in [0.717, 1.165) is 4.88 Å². The predicted octanol–water partition coefficient (Wildman–Crippen LogP) is 1.99. The van der Waals surface area contributed by atoms with Gasteiger partial charge in [0.15, 0.2) is 5.13 Å². The molecule has 0 spiro atoms. The Balaban J connectivity index is 2.34. The average molecular weight is 322 g/mol. The van der Waals surface area contributed by atoms with Crippen molar-refractivity contribution in [1.29, 1.82) is 0 Å². The number of benzene rings is 1. The molecule has 0 radical (unpaired) electrons. The molecular formula is C14H14N2O3S2. The van der Waals surface area contributed by atoms with E-state index in [0.29, 0.717) is 17.1 Å². The highest BCUT2D eigenvalue weighted by atomic mass is 32.2. The van der Waals surface area contributed by atoms with Crippen molar-refractivity contribution in [3.8, 4) is 11.8 Å². The van der Waals surface area contributed by atoms with Gasteiger partial charge >= 0.3 is 0 Å². The highest BCUT2D eigenvalue weighted by Crippen LogP contribution is 2.22. The Bertz CT molecular complexity index is 786. The molecule has 0 aliphatic carbocycles. The summed E-state index contributed by atoms with van der Waals surface area (Å²) in [5.74, 6) is 5.49. The van der Waals surface area contributed by atoms with E-state index in [4.69, 9.17) is 5.11 Å². The predicted molar refractivity (Wildman–Crippen MR) is 82.7 cm³/mol. The maximum Gasteiger partial charge on any atom is 0.264 e. The molecule has 110 valence electrons. The van der Waals surface area contributed by atoms with Crippen molar-refractivity contribution in [2.75, 3.05) is 11.3 Å². The summed E-state index contributed by atoms with van der Waals surface area (Å²) in [6.07, 6.45) is 1.91. The number of nitrogens with zero attached hydrogens (tertiary/aromatic N) is 1. The summed E-state index contributed by atoms with van der Waals surface area (Å²) in [4.78, 5) is 5.01. The van der Waals surface area contributed by atoms with Crippen molar-refractivity contribution < 1.29 is 13.5 Å². The van der Waals surface area contributed by atoms with Gasteiger partial charge in [0, 0.05) is 23.1 Å². The molecule has 21 heavy (non-hydrogen) atoms. The quantitative estimate of drug-likeness (QED) is 0.844. The second-order valence-electron chi connectivity index (χ2n) is 4.15. The van der Waals surface area contributed by atoms with Gasteiger partial charge in [-0.2, -0.15) is 0 Å². The first-order valence-corrected chi connectivity index (χ1v) is 8.47. The molecule has 0 aliphatic heterocycles. The summed E-state index contributed by atoms with van der Waals surface area (Å²) in [6.45, 7) is 1.79. The number of sulfonamides is 1. The molecule has 2 aromatic rings. The standard InChI is InChI=1S/C14H14N2O3S2/c1-11-10-15-14(20-11)16-21(18,19)13-8-3-2-6-12(13)7-4-5-9-17/h2-3,6,8,10,17H,5,9H2,1H3,(H,15,16). The van der Waals surface area contributed by atoms with Crippen LogP contribution in [0.15, 0.2) is 35.4 Å². The van der Waals surface area contributed by atoms with Crippen LogP contribution in [-0.2, 0) is 10.0 Å². The lowest BCUT2D eigenvalue weighted by atomic mass is 10.2. The topological polar surface area (TPSA) is 79.3 Å². The fraction of sp³-hybridized carbons (Fsp3) is 0.214. The molecule has 2 N–H and O–H groups in total. The molecule has 1 heterocycles. The minimum Gasteiger partial charge on any atom is -0.395 e. The highest BCUT2D eigenvalue weighted by Gasteiger charge is 2.18. The van der Waals surface area contributed by atoms with E-state index in [1.165, 1.54) is 17.4 Å². The first kappa shape index (κ1) is 15.5. The largest absolute Gasteiger partial charge is 0.395 e. The monoisotopic (exact) mass is 322 g/mol. The van der Waals surface area contributed by atoms with E-state index in [2.05, 4.69) is 21.5 Å². The van der Waals surface area contributed by atoms with Crippen LogP contribution in [0.2, 0.25) is 0 Å². The van der Waals surface area contributed by atoms with Gasteiger partial charge in [-0.1, -0.05) is 24.0 Å². The summed E-state index contributed by atoms with van der Waals surface area (Å²) >= 11 is 1.27. The third-order valence-electron chi connectivity index (χ3n) is 2.48. The number of hydrogen-bond donors (Lipinski definition) is 2. The first-order chi connectivity index (χ1) is 10.0. The molecule has 0 bridgehead atoms. The van der Waals surface area contributed by atoms with Crippen LogP contribution in [0.3, 0.4) is 0 Å². The molecular weight excluding hydrogens is 308 g/mol. The van der Waals surface area contributed by atoms with Crippen molar-refractivity contribution in [3.05, 3.63) is 40.9 Å². The lowest BCUT2D eigenvalue weighted by molar-refractivity contribution is 0.305. The van der Waals surface area contributed by atoms with Crippen LogP contribution >= 0.6 is 11.3 Å². The lowest BCUT2D eigenvalue weighted by Gasteiger charge is -2.07. The van der Waals surface area contributed by atoms with E-state index < -0.39 is 10.0 Å². The van der Waals surface area contributed by atoms with Gasteiger partial charge in [0.2, 0.25) is 0 Å². The zero-order valence-electron chi connectivity index (χ0n) is 11.3. The van der Waals surface area contributed by atoms with Crippen LogP contribution in [0.4, 0.5) is 5.13 Å². The number of aryl methyl sites for hydroxylation is 1. The lowest BCUT2D eigenvalue weighted by Crippen LogP contribution is -2.14. The Morgan fingerprint density at radius 1 is 1.38 bits per heavy atom. The summed E-state index contributed by atoms with van der Waals surface area (Å²) in [5, 5.41) is 9.06. The van der Waals surface area contributed by atoms with Crippen LogP contribution in [0.25, 0.3) is 0 Å². The van der Waals surface area contributed by atoms with Crippen molar-refractivity contribution in [3.63, 3.8) is 0 Å². The number of aromatic nitrogens is 1. The SMILES string of the molecule is Cc1cnc(NS(=O)(=O)c2ccccc2C#CCCO)s1. The molecule has 0 fully saturated rings. The van der Waals surface area contributed by atoms with Crippen LogP contribution < -0.4 is 4.72 Å². The number of rotatable bonds is 4. The molecule has 0 amide bonds. The van der Waals surface area contributed by atoms with Gasteiger partial charge in [-0.3, -0.25) is 4.72 Å². The second kappa shape index (κ2) is 6.72. The van der Waals surface area contributed by atoms with E-state index >= 15 is 0 Å². The second-order valence-corrected chi connectivity index (χ2v) is 7.04. The molecule has 2 rings (SSSR count). The van der Waals surface area contributed by atoms with Gasteiger partial charge in [0.25, 0.3) is 10.0 Å². The van der Waals surface area contributed by atoms with E-state index in [-0.39, 0.29) is 11.5 Å². The third kappa shape index (κ3) is 4.04. The fourth-order valence-corrected chi connectivity index (χ4v) is 3.66. The molecule has 0 atom stereocenters. The van der Waals surface area contributed by atoms with E-state index in [9.17, 15) is 8.42 Å². The highest BCUT2D eigenvalue weighted by molar-refractivity contribution is 7.93. The van der Waals surface area contributed by atoms with Crippen LogP contribution in [-0.4, -0.2) is 25.1 Å². The van der Waals surface area contributed by atoms with E-state index in [1.807, 2.05) is 6.92 Å². The minimum absolute atomic E-state index is 0.0570. The zero-order valence-corrected chi connectivity index (χ0v) is 13.0. The van der Waals surface area contributed by atoms with Crippen molar-refractivity contribution >= 4 is 26.5 Å². The zero-order chi connectivity index (χ0) is 15.3. The minimum atomic E-state index is -3.73. The van der Waals surface area contributed by atoms with Gasteiger partial charge < -0.3 is 5.11 Å². The van der Waals surface area contributed by atoms with Gasteiger partial charge in [-0.05, 0) is 19.1 Å². The molecule has 0 saturated carbocycles. The molecule has 1 aromatic heterocycles. The molecule has 0 unspecified atom stereocenters. The number of aliphatic hydroxyl groups is 1. The van der Waals surface area contributed by atoms with Gasteiger partial charge in [-0.15, -0.1) is 11.3 Å². The molecule has 0 aliphatic rings. The number of hydrogen-bond acceptors (Lipinski definition) is 5. The maximum atomic E-state index is 12.4. The number of thiazole rings is 1. The molecule has 0 saturated heterocycles. The summed E-state index contributed by atoms with van der Waals surface area (Å²) in [6, 6.07) is 6.48. The van der Waals surface area contributed by atoms with Gasteiger partial charge in [-0.25, -0.2) is 13.4 Å². The molecule has 7 heteroatoms. The Morgan fingerprint density at radius 2 is 2.14 bits per heavy atom. The first-order valence-electron chi connectivity index (χ1n) is 6.17. The summed E-state index contributed by atoms with van der Waals surface area (Å²) < 4.78 is 27.3. The summed E-state index contributed by atoms with van der Waals surface area (Å²) in [7, 11) is -3.73. The van der Waals surface area contributed by atoms with Crippen LogP contribution in [0.5, 0.6) is 0 Å². The normalized spacial score (nSPS) is 10.8. The Hall–Kier alpha value is -1.88. The Labute approximate surface area is 127 Å². The number of nitrogens with one attached hydrogen (secondary N) is 1. The van der Waals surface area contributed by atoms with Gasteiger partial charge in [0.1, 0.15) is 4.90 Å². The van der Waals surface area contributed by atoms with Crippen molar-refractivity contribution in [1.82, 2.24) is 4.98 Å². The summed E-state index contributed by atoms with van der Waals surface area (Å²) in [5.41, 5.74) is 0.395. The smallest absolute Gasteiger partial charge is 0.264 e. The maximum absolute atomic E-state index is 12.4. The van der Waals surface area contributed by atoms with Crippen molar-refractivity contribution in [2.24, 2.45) is 0 Å². The fourth-order valence-electron chi connectivity index (χ4n) is 1.59. The molecule has 5 nitrogen and oxygen atoms in total. The Kier molecular flexibility index (Phi) is 4.96. The number of anilines is 1. The Morgan fingerprint density at radius 3 is 2.81 bits per heavy atom. The third-order valence-corrected chi connectivity index (χ3v) is 4.83. The van der Waals surface area contributed by atoms with Crippen LogP contribution in [0.1, 0.15) is 16.9 Å². The van der Waals surface area contributed by atoms with E-state index in [1.54, 1.807) is 24.4 Å². The van der Waals surface area contributed by atoms with Crippen molar-refractivity contribution in [2.45, 2.75) is 18.2 Å². The molecule has 1 aromatic carbocycles. The van der Waals surface area contributed by atoms with Gasteiger partial charge in [0.05, 0.1) is 6.61 Å². The average Bonchev–Trinajstić information content (AvgIpc) is 2.84. The van der Waals surface area contributed by atoms with Crippen LogP contribution in [0, 0.1) is 18.8 Å².